The van der Waals surface area contributed by atoms with E-state index in [1.165, 1.54) is 18.3 Å². The average Bonchev–Trinajstić information content (AvgIpc) is 3.02. The van der Waals surface area contributed by atoms with Crippen LogP contribution in [0.5, 0.6) is 0 Å². The number of amides is 1. The van der Waals surface area contributed by atoms with Crippen LogP contribution in [-0.2, 0) is 0 Å². The van der Waals surface area contributed by atoms with Gasteiger partial charge in [-0.3, -0.25) is 9.89 Å². The molecule has 3 rings (SSSR count). The number of hydrogen-bond acceptors (Lipinski definition) is 5. The summed E-state index contributed by atoms with van der Waals surface area (Å²) in [5, 5.41) is 18.4. The highest BCUT2D eigenvalue weighted by atomic mass is 16.4. The molecule has 3 N–H and O–H groups in total. The second-order valence-electron chi connectivity index (χ2n) is 5.02. The molecule has 0 radical (unpaired) electrons. The summed E-state index contributed by atoms with van der Waals surface area (Å²) in [5.74, 6) is -0.292. The van der Waals surface area contributed by atoms with Gasteiger partial charge in [0, 0.05) is 17.4 Å². The molecule has 24 heavy (non-hydrogen) atoms. The van der Waals surface area contributed by atoms with Crippen LogP contribution in [-0.4, -0.2) is 37.1 Å². The number of carboxylic acid groups (broad SMARTS) is 1. The van der Waals surface area contributed by atoms with Crippen LogP contribution < -0.4 is 5.32 Å². The Morgan fingerprint density at radius 3 is 2.67 bits per heavy atom. The molecule has 0 fully saturated rings. The van der Waals surface area contributed by atoms with E-state index in [1.54, 1.807) is 25.1 Å². The summed E-state index contributed by atoms with van der Waals surface area (Å²) in [4.78, 5) is 30.9. The van der Waals surface area contributed by atoms with Crippen molar-refractivity contribution in [1.29, 1.82) is 0 Å². The summed E-state index contributed by atoms with van der Waals surface area (Å²) in [6.07, 6.45) is 1.22. The molecule has 0 aliphatic heterocycles. The van der Waals surface area contributed by atoms with E-state index < -0.39 is 5.97 Å². The standard InChI is InChI=1S/C16H13N5O3/c1-9-18-14(21-20-9)10-3-2-4-12(7-10)19-15(22)11-5-6-13(16(23)24)17-8-11/h2-8H,1H3,(H,19,22)(H,23,24)(H,18,20,21). The van der Waals surface area contributed by atoms with Crippen LogP contribution in [0.1, 0.15) is 26.7 Å². The van der Waals surface area contributed by atoms with E-state index in [2.05, 4.69) is 25.5 Å². The molecule has 0 unspecified atom stereocenters. The number of carbonyl (C=O) groups excluding carboxylic acids is 1. The van der Waals surface area contributed by atoms with Gasteiger partial charge in [0.15, 0.2) is 5.82 Å². The lowest BCUT2D eigenvalue weighted by Crippen LogP contribution is -2.13. The van der Waals surface area contributed by atoms with Crippen LogP contribution in [0, 0.1) is 6.92 Å². The largest absolute Gasteiger partial charge is 0.477 e. The van der Waals surface area contributed by atoms with Crippen LogP contribution in [0.3, 0.4) is 0 Å². The maximum Gasteiger partial charge on any atom is 0.354 e. The normalized spacial score (nSPS) is 10.4. The van der Waals surface area contributed by atoms with Crippen molar-refractivity contribution < 1.29 is 14.7 Å². The summed E-state index contributed by atoms with van der Waals surface area (Å²) in [6, 6.07) is 9.79. The summed E-state index contributed by atoms with van der Waals surface area (Å²) in [5.41, 5.74) is 1.48. The fourth-order valence-electron chi connectivity index (χ4n) is 2.07. The quantitative estimate of drug-likeness (QED) is 0.676. The van der Waals surface area contributed by atoms with Crippen molar-refractivity contribution in [3.63, 3.8) is 0 Å². The SMILES string of the molecule is Cc1nc(-c2cccc(NC(=O)c3ccc(C(=O)O)nc3)c2)n[nH]1. The zero-order chi connectivity index (χ0) is 17.1. The highest BCUT2D eigenvalue weighted by Crippen LogP contribution is 2.19. The van der Waals surface area contributed by atoms with E-state index in [0.29, 0.717) is 17.3 Å². The lowest BCUT2D eigenvalue weighted by Gasteiger charge is -2.06. The lowest BCUT2D eigenvalue weighted by atomic mass is 10.2. The summed E-state index contributed by atoms with van der Waals surface area (Å²) in [6.45, 7) is 1.80. The predicted octanol–water partition coefficient (Wildman–Crippen LogP) is 2.13. The molecule has 0 bridgehead atoms. The fourth-order valence-corrected chi connectivity index (χ4v) is 2.07. The van der Waals surface area contributed by atoms with Crippen molar-refractivity contribution in [2.75, 3.05) is 5.32 Å². The van der Waals surface area contributed by atoms with Crippen LogP contribution >= 0.6 is 0 Å². The number of hydrogen-bond donors (Lipinski definition) is 3. The molecule has 1 amide bonds. The first kappa shape index (κ1) is 15.3. The van der Waals surface area contributed by atoms with Gasteiger partial charge in [-0.15, -0.1) is 0 Å². The Kier molecular flexibility index (Phi) is 4.02. The van der Waals surface area contributed by atoms with Crippen molar-refractivity contribution in [3.05, 3.63) is 59.7 Å². The van der Waals surface area contributed by atoms with Crippen molar-refractivity contribution in [3.8, 4) is 11.4 Å². The van der Waals surface area contributed by atoms with E-state index in [1.807, 2.05) is 6.07 Å². The van der Waals surface area contributed by atoms with Crippen molar-refractivity contribution in [1.82, 2.24) is 20.2 Å². The fraction of sp³-hybridized carbons (Fsp3) is 0.0625. The van der Waals surface area contributed by atoms with Gasteiger partial charge in [-0.1, -0.05) is 12.1 Å². The molecule has 0 saturated heterocycles. The Labute approximate surface area is 136 Å². The molecule has 0 saturated carbocycles. The van der Waals surface area contributed by atoms with Crippen molar-refractivity contribution in [2.45, 2.75) is 6.92 Å². The topological polar surface area (TPSA) is 121 Å². The van der Waals surface area contributed by atoms with Gasteiger partial charge >= 0.3 is 5.97 Å². The van der Waals surface area contributed by atoms with Gasteiger partial charge < -0.3 is 10.4 Å². The highest BCUT2D eigenvalue weighted by Gasteiger charge is 2.10. The zero-order valence-electron chi connectivity index (χ0n) is 12.6. The zero-order valence-corrected chi connectivity index (χ0v) is 12.6. The molecule has 3 aromatic rings. The van der Waals surface area contributed by atoms with Crippen LogP contribution in [0.2, 0.25) is 0 Å². The molecule has 0 atom stereocenters. The number of carbonyl (C=O) groups is 2. The number of nitrogens with zero attached hydrogens (tertiary/aromatic N) is 3. The second-order valence-corrected chi connectivity index (χ2v) is 5.02. The van der Waals surface area contributed by atoms with E-state index >= 15 is 0 Å². The molecule has 0 spiro atoms. The van der Waals surface area contributed by atoms with Crippen LogP contribution in [0.25, 0.3) is 11.4 Å². The van der Waals surface area contributed by atoms with Gasteiger partial charge in [0.2, 0.25) is 0 Å². The second kappa shape index (κ2) is 6.29. The summed E-state index contributed by atoms with van der Waals surface area (Å²) < 4.78 is 0. The first-order chi connectivity index (χ1) is 11.5. The molecule has 0 aliphatic carbocycles. The molecular formula is C16H13N5O3. The Morgan fingerprint density at radius 2 is 2.04 bits per heavy atom. The number of benzene rings is 1. The molecular weight excluding hydrogens is 310 g/mol. The number of carboxylic acids is 1. The van der Waals surface area contributed by atoms with Gasteiger partial charge in [-0.05, 0) is 31.2 Å². The Balaban J connectivity index is 1.78. The van der Waals surface area contributed by atoms with Crippen LogP contribution in [0.4, 0.5) is 5.69 Å². The van der Waals surface area contributed by atoms with Gasteiger partial charge in [0.1, 0.15) is 11.5 Å². The van der Waals surface area contributed by atoms with E-state index in [-0.39, 0.29) is 17.2 Å². The molecule has 120 valence electrons. The maximum absolute atomic E-state index is 12.2. The first-order valence-corrected chi connectivity index (χ1v) is 7.03. The third kappa shape index (κ3) is 3.27. The Bertz CT molecular complexity index is 902. The van der Waals surface area contributed by atoms with Gasteiger partial charge in [-0.25, -0.2) is 14.8 Å². The molecule has 0 aliphatic rings. The molecule has 2 aromatic heterocycles. The number of nitrogens with one attached hydrogen (secondary N) is 2. The van der Waals surface area contributed by atoms with Crippen molar-refractivity contribution in [2.24, 2.45) is 0 Å². The first-order valence-electron chi connectivity index (χ1n) is 7.03. The minimum atomic E-state index is -1.14. The number of aromatic nitrogens is 4. The lowest BCUT2D eigenvalue weighted by molar-refractivity contribution is 0.0690. The molecule has 1 aromatic carbocycles. The monoisotopic (exact) mass is 323 g/mol. The summed E-state index contributed by atoms with van der Waals surface area (Å²) in [7, 11) is 0. The summed E-state index contributed by atoms with van der Waals surface area (Å²) >= 11 is 0. The number of pyridine rings is 1. The van der Waals surface area contributed by atoms with Gasteiger partial charge in [0.05, 0.1) is 5.56 Å². The number of rotatable bonds is 4. The van der Waals surface area contributed by atoms with E-state index in [0.717, 1.165) is 5.56 Å². The van der Waals surface area contributed by atoms with E-state index in [9.17, 15) is 9.59 Å². The van der Waals surface area contributed by atoms with Gasteiger partial charge in [-0.2, -0.15) is 5.10 Å². The third-order valence-corrected chi connectivity index (χ3v) is 3.22. The van der Waals surface area contributed by atoms with Crippen molar-refractivity contribution >= 4 is 17.6 Å². The Morgan fingerprint density at radius 1 is 1.21 bits per heavy atom. The number of H-pyrrole nitrogens is 1. The van der Waals surface area contributed by atoms with Gasteiger partial charge in [0.25, 0.3) is 5.91 Å². The van der Waals surface area contributed by atoms with Crippen LogP contribution in [0.15, 0.2) is 42.6 Å². The number of aryl methyl sites for hydroxylation is 1. The third-order valence-electron chi connectivity index (χ3n) is 3.22. The number of aromatic amines is 1. The molecule has 8 nitrogen and oxygen atoms in total. The number of aromatic carboxylic acids is 1. The smallest absolute Gasteiger partial charge is 0.354 e. The molecule has 8 heteroatoms. The Hall–Kier alpha value is -3.55. The number of anilines is 1. The predicted molar refractivity (Wildman–Crippen MR) is 85.7 cm³/mol. The van der Waals surface area contributed by atoms with E-state index in [4.69, 9.17) is 5.11 Å². The average molecular weight is 323 g/mol. The molecule has 2 heterocycles. The minimum Gasteiger partial charge on any atom is -0.477 e. The maximum atomic E-state index is 12.2. The minimum absolute atomic E-state index is 0.117. The highest BCUT2D eigenvalue weighted by molar-refractivity contribution is 6.04.